The van der Waals surface area contributed by atoms with Crippen LogP contribution >= 0.6 is 24.0 Å². The zero-order chi connectivity index (χ0) is 19.2. The van der Waals surface area contributed by atoms with Gasteiger partial charge < -0.3 is 15.1 Å². The largest absolute Gasteiger partial charge is 0.339 e. The molecule has 0 radical (unpaired) electrons. The van der Waals surface area contributed by atoms with E-state index in [0.717, 1.165) is 18.7 Å². The number of halogens is 2. The fourth-order valence-electron chi connectivity index (χ4n) is 4.06. The Morgan fingerprint density at radius 2 is 1.79 bits per heavy atom. The molecule has 7 heteroatoms. The number of benzene rings is 1. The smallest absolute Gasteiger partial charge is 0.227 e. The van der Waals surface area contributed by atoms with Gasteiger partial charge in [0.2, 0.25) is 11.8 Å². The third-order valence-corrected chi connectivity index (χ3v) is 6.29. The normalized spacial score (nSPS) is 21.0. The zero-order valence-electron chi connectivity index (χ0n) is 16.5. The third-order valence-electron chi connectivity index (χ3n) is 5.92. The summed E-state index contributed by atoms with van der Waals surface area (Å²) < 4.78 is 0. The maximum absolute atomic E-state index is 12.6. The molecule has 0 aromatic heterocycles. The summed E-state index contributed by atoms with van der Waals surface area (Å²) in [6.45, 7) is 6.79. The van der Waals surface area contributed by atoms with E-state index in [1.807, 2.05) is 34.1 Å². The number of amides is 2. The van der Waals surface area contributed by atoms with E-state index in [4.69, 9.17) is 11.6 Å². The minimum atomic E-state index is 0. The highest BCUT2D eigenvalue weighted by molar-refractivity contribution is 6.31. The van der Waals surface area contributed by atoms with Gasteiger partial charge in [0.25, 0.3) is 0 Å². The standard InChI is InChI=1S/C21H30ClN3O2.ClH/c1-16(18-6-4-8-23-15-18)13-20(26)24-9-11-25(12-10-24)21(27)14-17-5-2-3-7-19(17)22;/h2-3,5,7,16,18,23H,4,6,8-15H2,1H3;1H. The lowest BCUT2D eigenvalue weighted by atomic mass is 9.85. The number of carbonyl (C=O) groups is 2. The van der Waals surface area contributed by atoms with E-state index in [0.29, 0.717) is 55.9 Å². The van der Waals surface area contributed by atoms with Crippen molar-refractivity contribution in [1.82, 2.24) is 15.1 Å². The average molecular weight is 428 g/mol. The van der Waals surface area contributed by atoms with Crippen molar-refractivity contribution in [3.05, 3.63) is 34.9 Å². The molecule has 156 valence electrons. The molecule has 0 bridgehead atoms. The Labute approximate surface area is 179 Å². The molecule has 2 saturated heterocycles. The third kappa shape index (κ3) is 6.10. The van der Waals surface area contributed by atoms with Crippen LogP contribution in [0, 0.1) is 11.8 Å². The Bertz CT molecular complexity index is 657. The summed E-state index contributed by atoms with van der Waals surface area (Å²) in [7, 11) is 0. The quantitative estimate of drug-likeness (QED) is 0.785. The number of nitrogens with zero attached hydrogens (tertiary/aromatic N) is 2. The van der Waals surface area contributed by atoms with Gasteiger partial charge in [0, 0.05) is 37.6 Å². The molecule has 1 N–H and O–H groups in total. The molecule has 1 aromatic rings. The topological polar surface area (TPSA) is 52.7 Å². The number of hydrogen-bond acceptors (Lipinski definition) is 3. The van der Waals surface area contributed by atoms with Crippen molar-refractivity contribution in [1.29, 1.82) is 0 Å². The minimum Gasteiger partial charge on any atom is -0.339 e. The van der Waals surface area contributed by atoms with Gasteiger partial charge in [0.15, 0.2) is 0 Å². The van der Waals surface area contributed by atoms with Crippen LogP contribution in [0.4, 0.5) is 0 Å². The van der Waals surface area contributed by atoms with Crippen LogP contribution in [-0.2, 0) is 16.0 Å². The zero-order valence-corrected chi connectivity index (χ0v) is 18.1. The van der Waals surface area contributed by atoms with E-state index in [9.17, 15) is 9.59 Å². The van der Waals surface area contributed by atoms with Crippen molar-refractivity contribution < 1.29 is 9.59 Å². The summed E-state index contributed by atoms with van der Waals surface area (Å²) in [6.07, 6.45) is 3.35. The van der Waals surface area contributed by atoms with Gasteiger partial charge in [-0.2, -0.15) is 0 Å². The molecule has 0 saturated carbocycles. The Hall–Kier alpha value is -1.30. The Morgan fingerprint density at radius 1 is 1.14 bits per heavy atom. The first kappa shape index (κ1) is 23.0. The van der Waals surface area contributed by atoms with Crippen molar-refractivity contribution in [2.45, 2.75) is 32.6 Å². The first-order valence-corrected chi connectivity index (χ1v) is 10.4. The minimum absolute atomic E-state index is 0. The van der Waals surface area contributed by atoms with E-state index in [1.54, 1.807) is 0 Å². The predicted octanol–water partition coefficient (Wildman–Crippen LogP) is 3.00. The molecule has 0 aliphatic carbocycles. The first-order valence-electron chi connectivity index (χ1n) is 10.0. The summed E-state index contributed by atoms with van der Waals surface area (Å²) in [5.41, 5.74) is 0.859. The lowest BCUT2D eigenvalue weighted by Gasteiger charge is -2.36. The van der Waals surface area contributed by atoms with E-state index < -0.39 is 0 Å². The second-order valence-corrected chi connectivity index (χ2v) is 8.22. The summed E-state index contributed by atoms with van der Waals surface area (Å²) in [5, 5.41) is 4.06. The molecule has 0 spiro atoms. The van der Waals surface area contributed by atoms with Crippen molar-refractivity contribution in [3.63, 3.8) is 0 Å². The second-order valence-electron chi connectivity index (χ2n) is 7.82. The predicted molar refractivity (Wildman–Crippen MR) is 115 cm³/mol. The van der Waals surface area contributed by atoms with E-state index in [1.165, 1.54) is 12.8 Å². The van der Waals surface area contributed by atoms with Gasteiger partial charge in [-0.25, -0.2) is 0 Å². The van der Waals surface area contributed by atoms with Gasteiger partial charge >= 0.3 is 0 Å². The Kier molecular flexibility index (Phi) is 9.06. The van der Waals surface area contributed by atoms with Crippen LogP contribution in [0.5, 0.6) is 0 Å². The average Bonchev–Trinajstić information content (AvgIpc) is 2.70. The van der Waals surface area contributed by atoms with Crippen molar-refractivity contribution in [2.24, 2.45) is 11.8 Å². The van der Waals surface area contributed by atoms with Crippen LogP contribution in [0.1, 0.15) is 31.7 Å². The Morgan fingerprint density at radius 3 is 2.39 bits per heavy atom. The fraction of sp³-hybridized carbons (Fsp3) is 0.619. The molecule has 5 nitrogen and oxygen atoms in total. The van der Waals surface area contributed by atoms with Gasteiger partial charge in [-0.05, 0) is 49.4 Å². The SMILES string of the molecule is CC(CC(=O)N1CCN(C(=O)Cc2ccccc2Cl)CC1)C1CCCNC1.Cl. The molecule has 2 aliphatic rings. The van der Waals surface area contributed by atoms with Gasteiger partial charge in [0.05, 0.1) is 6.42 Å². The van der Waals surface area contributed by atoms with Gasteiger partial charge in [-0.3, -0.25) is 9.59 Å². The maximum Gasteiger partial charge on any atom is 0.227 e. The van der Waals surface area contributed by atoms with Crippen molar-refractivity contribution in [2.75, 3.05) is 39.3 Å². The van der Waals surface area contributed by atoms with Crippen LogP contribution in [0.25, 0.3) is 0 Å². The van der Waals surface area contributed by atoms with Crippen LogP contribution in [0.2, 0.25) is 5.02 Å². The van der Waals surface area contributed by atoms with Gasteiger partial charge in [-0.15, -0.1) is 12.4 Å². The molecular formula is C21H31Cl2N3O2. The van der Waals surface area contributed by atoms with Gasteiger partial charge in [0.1, 0.15) is 0 Å². The highest BCUT2D eigenvalue weighted by Gasteiger charge is 2.27. The number of nitrogens with one attached hydrogen (secondary N) is 1. The number of rotatable bonds is 5. The summed E-state index contributed by atoms with van der Waals surface area (Å²) >= 11 is 6.16. The summed E-state index contributed by atoms with van der Waals surface area (Å²) in [5.74, 6) is 1.31. The van der Waals surface area contributed by atoms with Crippen molar-refractivity contribution in [3.8, 4) is 0 Å². The number of carbonyl (C=O) groups excluding carboxylic acids is 2. The number of hydrogen-bond donors (Lipinski definition) is 1. The molecule has 2 unspecified atom stereocenters. The highest BCUT2D eigenvalue weighted by atomic mass is 35.5. The molecule has 1 aromatic carbocycles. The maximum atomic E-state index is 12.6. The molecule has 3 rings (SSSR count). The van der Waals surface area contributed by atoms with Crippen LogP contribution in [0.15, 0.2) is 24.3 Å². The monoisotopic (exact) mass is 427 g/mol. The molecular weight excluding hydrogens is 397 g/mol. The molecule has 2 amide bonds. The van der Waals surface area contributed by atoms with E-state index >= 15 is 0 Å². The molecule has 28 heavy (non-hydrogen) atoms. The molecule has 2 aliphatic heterocycles. The lowest BCUT2D eigenvalue weighted by Crippen LogP contribution is -2.51. The van der Waals surface area contributed by atoms with Gasteiger partial charge in [-0.1, -0.05) is 36.7 Å². The molecule has 2 atom stereocenters. The number of piperidine rings is 1. The summed E-state index contributed by atoms with van der Waals surface area (Å²) in [4.78, 5) is 29.0. The molecule has 2 fully saturated rings. The summed E-state index contributed by atoms with van der Waals surface area (Å²) in [6, 6.07) is 7.46. The lowest BCUT2D eigenvalue weighted by molar-refractivity contribution is -0.140. The Balaban J connectivity index is 0.00000280. The van der Waals surface area contributed by atoms with Crippen molar-refractivity contribution >= 4 is 35.8 Å². The van der Waals surface area contributed by atoms with E-state index in [2.05, 4.69) is 12.2 Å². The fourth-order valence-corrected chi connectivity index (χ4v) is 4.26. The number of piperazine rings is 1. The van der Waals surface area contributed by atoms with E-state index in [-0.39, 0.29) is 24.2 Å². The van der Waals surface area contributed by atoms with Crippen LogP contribution < -0.4 is 5.32 Å². The second kappa shape index (κ2) is 11.0. The van der Waals surface area contributed by atoms with Crippen LogP contribution in [-0.4, -0.2) is 60.9 Å². The first-order chi connectivity index (χ1) is 13.0. The highest BCUT2D eigenvalue weighted by Crippen LogP contribution is 2.23. The molecule has 2 heterocycles. The van der Waals surface area contributed by atoms with Crippen LogP contribution in [0.3, 0.4) is 0 Å².